The highest BCUT2D eigenvalue weighted by Crippen LogP contribution is 2.16. The number of fused-ring (bicyclic) bond motifs is 1. The van der Waals surface area contributed by atoms with Crippen LogP contribution in [0.25, 0.3) is 11.1 Å². The second kappa shape index (κ2) is 5.32. The zero-order chi connectivity index (χ0) is 15.9. The summed E-state index contributed by atoms with van der Waals surface area (Å²) in [6, 6.07) is 4.96. The van der Waals surface area contributed by atoms with E-state index in [1.54, 1.807) is 35.0 Å². The second-order valence-corrected chi connectivity index (χ2v) is 5.41. The smallest absolute Gasteiger partial charge is 0.408 e. The second-order valence-electron chi connectivity index (χ2n) is 5.41. The molecule has 0 unspecified atom stereocenters. The number of rotatable bonds is 1. The van der Waals surface area contributed by atoms with Crippen molar-refractivity contribution in [3.8, 4) is 0 Å². The maximum atomic E-state index is 12.5. The van der Waals surface area contributed by atoms with Gasteiger partial charge < -0.3 is 14.2 Å². The Morgan fingerprint density at radius 3 is 2.36 bits per heavy atom. The van der Waals surface area contributed by atoms with E-state index in [0.29, 0.717) is 42.8 Å². The number of hydrogen-bond acceptors (Lipinski definition) is 4. The Kier molecular flexibility index (Phi) is 3.48. The minimum atomic E-state index is -0.449. The third kappa shape index (κ3) is 2.38. The van der Waals surface area contributed by atoms with E-state index in [-0.39, 0.29) is 11.8 Å². The molecular formula is C15H17N3O4. The van der Waals surface area contributed by atoms with Crippen molar-refractivity contribution in [2.24, 2.45) is 7.05 Å². The fraction of sp³-hybridized carbons (Fsp3) is 0.400. The largest absolute Gasteiger partial charge is 0.419 e. The van der Waals surface area contributed by atoms with Gasteiger partial charge in [0.1, 0.15) is 0 Å². The van der Waals surface area contributed by atoms with E-state index in [0.717, 1.165) is 0 Å². The first-order valence-corrected chi connectivity index (χ1v) is 7.12. The lowest BCUT2D eigenvalue weighted by Crippen LogP contribution is -2.50. The quantitative estimate of drug-likeness (QED) is 0.766. The number of hydrogen-bond donors (Lipinski definition) is 0. The molecule has 7 heteroatoms. The minimum Gasteiger partial charge on any atom is -0.408 e. The molecular weight excluding hydrogens is 286 g/mol. The molecule has 0 atom stereocenters. The van der Waals surface area contributed by atoms with Crippen LogP contribution in [0.2, 0.25) is 0 Å². The van der Waals surface area contributed by atoms with Crippen molar-refractivity contribution in [1.29, 1.82) is 0 Å². The van der Waals surface area contributed by atoms with Gasteiger partial charge >= 0.3 is 5.76 Å². The molecule has 7 nitrogen and oxygen atoms in total. The van der Waals surface area contributed by atoms with E-state index in [4.69, 9.17) is 4.42 Å². The molecule has 2 amide bonds. The van der Waals surface area contributed by atoms with Crippen molar-refractivity contribution in [2.75, 3.05) is 26.2 Å². The van der Waals surface area contributed by atoms with Gasteiger partial charge in [0, 0.05) is 45.7 Å². The van der Waals surface area contributed by atoms with Crippen molar-refractivity contribution >= 4 is 22.9 Å². The van der Waals surface area contributed by atoms with Crippen molar-refractivity contribution in [3.05, 3.63) is 34.3 Å². The van der Waals surface area contributed by atoms with Crippen molar-refractivity contribution in [2.45, 2.75) is 6.92 Å². The van der Waals surface area contributed by atoms with E-state index in [2.05, 4.69) is 0 Å². The maximum absolute atomic E-state index is 12.5. The number of benzene rings is 1. The molecule has 1 aliphatic heterocycles. The summed E-state index contributed by atoms with van der Waals surface area (Å²) < 4.78 is 6.43. The predicted octanol–water partition coefficient (Wildman–Crippen LogP) is 0.436. The maximum Gasteiger partial charge on any atom is 0.419 e. The first-order chi connectivity index (χ1) is 10.5. The number of oxazole rings is 1. The summed E-state index contributed by atoms with van der Waals surface area (Å²) in [6.45, 7) is 3.66. The zero-order valence-corrected chi connectivity index (χ0v) is 12.5. The Labute approximate surface area is 126 Å². The van der Waals surface area contributed by atoms with Crippen molar-refractivity contribution in [1.82, 2.24) is 14.4 Å². The summed E-state index contributed by atoms with van der Waals surface area (Å²) >= 11 is 0. The van der Waals surface area contributed by atoms with Gasteiger partial charge in [-0.05, 0) is 18.2 Å². The molecule has 0 saturated carbocycles. The predicted molar refractivity (Wildman–Crippen MR) is 79.6 cm³/mol. The van der Waals surface area contributed by atoms with Crippen LogP contribution < -0.4 is 5.76 Å². The van der Waals surface area contributed by atoms with E-state index in [1.165, 1.54) is 11.5 Å². The SMILES string of the molecule is CC(=O)N1CCN(C(=O)c2ccc3oc(=O)n(C)c3c2)CC1. The van der Waals surface area contributed by atoms with Crippen molar-refractivity contribution < 1.29 is 14.0 Å². The van der Waals surface area contributed by atoms with Crippen LogP contribution in [0, 0.1) is 0 Å². The van der Waals surface area contributed by atoms with Crippen LogP contribution in [0.3, 0.4) is 0 Å². The Bertz CT molecular complexity index is 797. The van der Waals surface area contributed by atoms with Crippen LogP contribution in [0.15, 0.2) is 27.4 Å². The first-order valence-electron chi connectivity index (χ1n) is 7.12. The van der Waals surface area contributed by atoms with Crippen LogP contribution in [0.4, 0.5) is 0 Å². The van der Waals surface area contributed by atoms with Crippen LogP contribution in [-0.4, -0.2) is 52.4 Å². The Hall–Kier alpha value is -2.57. The molecule has 0 spiro atoms. The summed E-state index contributed by atoms with van der Waals surface area (Å²) in [5.74, 6) is -0.518. The van der Waals surface area contributed by atoms with Crippen LogP contribution in [0.1, 0.15) is 17.3 Å². The highest BCUT2D eigenvalue weighted by atomic mass is 16.4. The minimum absolute atomic E-state index is 0.0296. The van der Waals surface area contributed by atoms with Gasteiger partial charge in [0.2, 0.25) is 5.91 Å². The lowest BCUT2D eigenvalue weighted by Gasteiger charge is -2.34. The zero-order valence-electron chi connectivity index (χ0n) is 12.5. The molecule has 1 saturated heterocycles. The van der Waals surface area contributed by atoms with E-state index in [1.807, 2.05) is 0 Å². The van der Waals surface area contributed by atoms with Crippen LogP contribution >= 0.6 is 0 Å². The van der Waals surface area contributed by atoms with Crippen LogP contribution in [-0.2, 0) is 11.8 Å². The molecule has 2 aromatic rings. The van der Waals surface area contributed by atoms with E-state index in [9.17, 15) is 14.4 Å². The standard InChI is InChI=1S/C15H17N3O4/c1-10(19)17-5-7-18(8-6-17)14(20)11-3-4-13-12(9-11)16(2)15(21)22-13/h3-4,9H,5-8H2,1-2H3. The normalized spacial score (nSPS) is 15.4. The third-order valence-corrected chi connectivity index (χ3v) is 4.05. The number of carbonyl (C=O) groups excluding carboxylic acids is 2. The topological polar surface area (TPSA) is 75.8 Å². The number of aryl methyl sites for hydroxylation is 1. The number of amides is 2. The lowest BCUT2D eigenvalue weighted by atomic mass is 10.1. The molecule has 0 N–H and O–H groups in total. The van der Waals surface area contributed by atoms with E-state index < -0.39 is 5.76 Å². The fourth-order valence-electron chi connectivity index (χ4n) is 2.67. The van der Waals surface area contributed by atoms with E-state index >= 15 is 0 Å². The summed E-state index contributed by atoms with van der Waals surface area (Å²) in [6.07, 6.45) is 0. The Morgan fingerprint density at radius 1 is 1.09 bits per heavy atom. The molecule has 2 heterocycles. The van der Waals surface area contributed by atoms with Gasteiger partial charge in [0.25, 0.3) is 5.91 Å². The fourth-order valence-corrected chi connectivity index (χ4v) is 2.67. The molecule has 116 valence electrons. The average molecular weight is 303 g/mol. The molecule has 3 rings (SSSR count). The number of carbonyl (C=O) groups is 2. The molecule has 1 aliphatic rings. The van der Waals surface area contributed by atoms with Gasteiger partial charge in [0.15, 0.2) is 5.58 Å². The number of aromatic nitrogens is 1. The number of piperazine rings is 1. The van der Waals surface area contributed by atoms with Gasteiger partial charge in [0.05, 0.1) is 5.52 Å². The Morgan fingerprint density at radius 2 is 1.73 bits per heavy atom. The summed E-state index contributed by atoms with van der Waals surface area (Å²) in [7, 11) is 1.61. The molecule has 1 fully saturated rings. The highest BCUT2D eigenvalue weighted by molar-refractivity contribution is 5.97. The lowest BCUT2D eigenvalue weighted by molar-refractivity contribution is -0.130. The highest BCUT2D eigenvalue weighted by Gasteiger charge is 2.23. The Balaban J connectivity index is 1.82. The van der Waals surface area contributed by atoms with Gasteiger partial charge in [-0.2, -0.15) is 0 Å². The molecule has 0 aliphatic carbocycles. The average Bonchev–Trinajstić information content (AvgIpc) is 2.81. The first kappa shape index (κ1) is 14.4. The van der Waals surface area contributed by atoms with Gasteiger partial charge in [-0.25, -0.2) is 4.79 Å². The molecule has 1 aromatic carbocycles. The van der Waals surface area contributed by atoms with Gasteiger partial charge in [-0.1, -0.05) is 0 Å². The van der Waals surface area contributed by atoms with Crippen molar-refractivity contribution in [3.63, 3.8) is 0 Å². The summed E-state index contributed by atoms with van der Waals surface area (Å²) in [4.78, 5) is 38.8. The summed E-state index contributed by atoms with van der Waals surface area (Å²) in [5.41, 5.74) is 1.57. The monoisotopic (exact) mass is 303 g/mol. The third-order valence-electron chi connectivity index (χ3n) is 4.05. The number of nitrogens with zero attached hydrogens (tertiary/aromatic N) is 3. The molecule has 1 aromatic heterocycles. The molecule has 22 heavy (non-hydrogen) atoms. The van der Waals surface area contributed by atoms with Crippen LogP contribution in [0.5, 0.6) is 0 Å². The van der Waals surface area contributed by atoms with Gasteiger partial charge in [-0.3, -0.25) is 14.2 Å². The van der Waals surface area contributed by atoms with Gasteiger partial charge in [-0.15, -0.1) is 0 Å². The molecule has 0 bridgehead atoms. The summed E-state index contributed by atoms with van der Waals surface area (Å²) in [5, 5.41) is 0. The molecule has 0 radical (unpaired) electrons.